The van der Waals surface area contributed by atoms with Gasteiger partial charge in [-0.15, -0.1) is 0 Å². The van der Waals surface area contributed by atoms with E-state index in [1.807, 2.05) is 72.8 Å². The van der Waals surface area contributed by atoms with Crippen molar-refractivity contribution in [1.29, 1.82) is 0 Å². The fraction of sp³-hybridized carbons (Fsp3) is 0.182. The molecule has 2 aromatic carbocycles. The Hall–Kier alpha value is -2.98. The molecule has 0 saturated heterocycles. The second-order valence-corrected chi connectivity index (χ2v) is 6.06. The Kier molecular flexibility index (Phi) is 6.12. The van der Waals surface area contributed by atoms with Gasteiger partial charge in [0.15, 0.2) is 0 Å². The lowest BCUT2D eigenvalue weighted by Crippen LogP contribution is -2.39. The SMILES string of the molecule is COC(=O)C(Cc1ccccc1)NCc1ccc(-c2ccccn2)cc1. The maximum Gasteiger partial charge on any atom is 0.323 e. The van der Waals surface area contributed by atoms with Crippen molar-refractivity contribution in [3.63, 3.8) is 0 Å². The second kappa shape index (κ2) is 8.92. The molecule has 132 valence electrons. The van der Waals surface area contributed by atoms with Gasteiger partial charge in [0.05, 0.1) is 12.8 Å². The van der Waals surface area contributed by atoms with Crippen LogP contribution in [-0.4, -0.2) is 24.1 Å². The molecule has 3 aromatic rings. The van der Waals surface area contributed by atoms with Gasteiger partial charge in [0.25, 0.3) is 0 Å². The van der Waals surface area contributed by atoms with Crippen LogP contribution in [-0.2, 0) is 22.5 Å². The molecule has 1 heterocycles. The maximum absolute atomic E-state index is 12.1. The molecule has 0 saturated carbocycles. The van der Waals surface area contributed by atoms with Crippen LogP contribution < -0.4 is 5.32 Å². The summed E-state index contributed by atoms with van der Waals surface area (Å²) in [6.45, 7) is 0.592. The molecule has 1 atom stereocenters. The first-order valence-corrected chi connectivity index (χ1v) is 8.62. The fourth-order valence-corrected chi connectivity index (χ4v) is 2.80. The molecule has 4 heteroatoms. The van der Waals surface area contributed by atoms with Crippen molar-refractivity contribution in [1.82, 2.24) is 10.3 Å². The number of hydrogen-bond donors (Lipinski definition) is 1. The molecular formula is C22H22N2O2. The van der Waals surface area contributed by atoms with E-state index in [0.717, 1.165) is 22.4 Å². The van der Waals surface area contributed by atoms with Gasteiger partial charge in [0.1, 0.15) is 6.04 Å². The Morgan fingerprint density at radius 3 is 2.35 bits per heavy atom. The zero-order valence-corrected chi connectivity index (χ0v) is 14.8. The average Bonchev–Trinajstić information content (AvgIpc) is 2.72. The highest BCUT2D eigenvalue weighted by Gasteiger charge is 2.19. The zero-order valence-electron chi connectivity index (χ0n) is 14.8. The number of rotatable bonds is 7. The average molecular weight is 346 g/mol. The summed E-state index contributed by atoms with van der Waals surface area (Å²) >= 11 is 0. The predicted molar refractivity (Wildman–Crippen MR) is 102 cm³/mol. The quantitative estimate of drug-likeness (QED) is 0.664. The van der Waals surface area contributed by atoms with E-state index in [0.29, 0.717) is 13.0 Å². The lowest BCUT2D eigenvalue weighted by atomic mass is 10.0. The number of aromatic nitrogens is 1. The molecule has 0 aliphatic carbocycles. The number of ether oxygens (including phenoxy) is 1. The summed E-state index contributed by atoms with van der Waals surface area (Å²) in [6.07, 6.45) is 2.38. The first kappa shape index (κ1) is 17.8. The van der Waals surface area contributed by atoms with Gasteiger partial charge >= 0.3 is 5.97 Å². The van der Waals surface area contributed by atoms with Crippen LogP contribution in [0.5, 0.6) is 0 Å². The van der Waals surface area contributed by atoms with Crippen LogP contribution in [0.15, 0.2) is 79.0 Å². The van der Waals surface area contributed by atoms with Gasteiger partial charge in [0.2, 0.25) is 0 Å². The molecule has 1 N–H and O–H groups in total. The first-order chi connectivity index (χ1) is 12.8. The van der Waals surface area contributed by atoms with Gasteiger partial charge in [-0.25, -0.2) is 0 Å². The molecule has 4 nitrogen and oxygen atoms in total. The third-order valence-electron chi connectivity index (χ3n) is 4.24. The fourth-order valence-electron chi connectivity index (χ4n) is 2.80. The minimum Gasteiger partial charge on any atom is -0.468 e. The molecule has 0 fully saturated rings. The largest absolute Gasteiger partial charge is 0.468 e. The minimum atomic E-state index is -0.377. The van der Waals surface area contributed by atoms with Crippen LogP contribution in [0.4, 0.5) is 0 Å². The molecule has 0 aliphatic heterocycles. The van der Waals surface area contributed by atoms with Crippen LogP contribution in [0.25, 0.3) is 11.3 Å². The molecule has 0 bridgehead atoms. The molecule has 3 rings (SSSR count). The monoisotopic (exact) mass is 346 g/mol. The van der Waals surface area contributed by atoms with Crippen molar-refractivity contribution < 1.29 is 9.53 Å². The van der Waals surface area contributed by atoms with Crippen molar-refractivity contribution in [2.24, 2.45) is 0 Å². The number of benzene rings is 2. The van der Waals surface area contributed by atoms with Crippen molar-refractivity contribution in [3.05, 3.63) is 90.1 Å². The summed E-state index contributed by atoms with van der Waals surface area (Å²) < 4.78 is 4.94. The van der Waals surface area contributed by atoms with Crippen LogP contribution in [0.3, 0.4) is 0 Å². The summed E-state index contributed by atoms with van der Waals surface area (Å²) in [5.74, 6) is -0.251. The number of carbonyl (C=O) groups excluding carboxylic acids is 1. The summed E-state index contributed by atoms with van der Waals surface area (Å²) in [5.41, 5.74) is 4.22. The molecule has 0 amide bonds. The highest BCUT2D eigenvalue weighted by molar-refractivity contribution is 5.76. The van der Waals surface area contributed by atoms with E-state index in [2.05, 4.69) is 10.3 Å². The van der Waals surface area contributed by atoms with Crippen molar-refractivity contribution in [3.8, 4) is 11.3 Å². The third-order valence-corrected chi connectivity index (χ3v) is 4.24. The number of nitrogens with zero attached hydrogens (tertiary/aromatic N) is 1. The lowest BCUT2D eigenvalue weighted by molar-refractivity contribution is -0.143. The van der Waals surface area contributed by atoms with E-state index in [4.69, 9.17) is 4.74 Å². The van der Waals surface area contributed by atoms with Crippen LogP contribution in [0.1, 0.15) is 11.1 Å². The Bertz CT molecular complexity index is 818. The maximum atomic E-state index is 12.1. The standard InChI is InChI=1S/C22H22N2O2/c1-26-22(25)21(15-17-7-3-2-4-8-17)24-16-18-10-12-19(13-11-18)20-9-5-6-14-23-20/h2-14,21,24H,15-16H2,1H3. The Labute approximate surface area is 153 Å². The van der Waals surface area contributed by atoms with Gasteiger partial charge in [0, 0.05) is 18.3 Å². The highest BCUT2D eigenvalue weighted by atomic mass is 16.5. The summed E-state index contributed by atoms with van der Waals surface area (Å²) in [6, 6.07) is 23.6. The minimum absolute atomic E-state index is 0.251. The number of carbonyl (C=O) groups is 1. The van der Waals surface area contributed by atoms with E-state index in [1.54, 1.807) is 6.20 Å². The van der Waals surface area contributed by atoms with Gasteiger partial charge < -0.3 is 10.1 Å². The smallest absolute Gasteiger partial charge is 0.323 e. The molecule has 1 unspecified atom stereocenters. The van der Waals surface area contributed by atoms with Gasteiger partial charge in [-0.3, -0.25) is 9.78 Å². The Morgan fingerprint density at radius 1 is 0.962 bits per heavy atom. The number of esters is 1. The van der Waals surface area contributed by atoms with Crippen molar-refractivity contribution in [2.45, 2.75) is 19.0 Å². The summed E-state index contributed by atoms with van der Waals surface area (Å²) in [5, 5.41) is 3.30. The van der Waals surface area contributed by atoms with Crippen molar-refractivity contribution in [2.75, 3.05) is 7.11 Å². The number of pyridine rings is 1. The Balaban J connectivity index is 1.64. The highest BCUT2D eigenvalue weighted by Crippen LogP contribution is 2.17. The third kappa shape index (κ3) is 4.77. The van der Waals surface area contributed by atoms with Crippen LogP contribution in [0, 0.1) is 0 Å². The van der Waals surface area contributed by atoms with Crippen LogP contribution >= 0.6 is 0 Å². The summed E-state index contributed by atoms with van der Waals surface area (Å²) in [4.78, 5) is 16.4. The molecule has 0 aliphatic rings. The molecule has 1 aromatic heterocycles. The van der Waals surface area contributed by atoms with E-state index in [-0.39, 0.29) is 12.0 Å². The molecule has 0 radical (unpaired) electrons. The normalized spacial score (nSPS) is 11.7. The van der Waals surface area contributed by atoms with E-state index in [9.17, 15) is 4.79 Å². The molecule has 0 spiro atoms. The van der Waals surface area contributed by atoms with Crippen molar-refractivity contribution >= 4 is 5.97 Å². The van der Waals surface area contributed by atoms with Gasteiger partial charge in [-0.05, 0) is 29.7 Å². The van der Waals surface area contributed by atoms with E-state index < -0.39 is 0 Å². The lowest BCUT2D eigenvalue weighted by Gasteiger charge is -2.17. The number of hydrogen-bond acceptors (Lipinski definition) is 4. The number of nitrogens with one attached hydrogen (secondary N) is 1. The van der Waals surface area contributed by atoms with E-state index in [1.165, 1.54) is 7.11 Å². The topological polar surface area (TPSA) is 51.2 Å². The Morgan fingerprint density at radius 2 is 1.69 bits per heavy atom. The molecular weight excluding hydrogens is 324 g/mol. The summed E-state index contributed by atoms with van der Waals surface area (Å²) in [7, 11) is 1.42. The van der Waals surface area contributed by atoms with Gasteiger partial charge in [-0.1, -0.05) is 60.7 Å². The van der Waals surface area contributed by atoms with E-state index >= 15 is 0 Å². The zero-order chi connectivity index (χ0) is 18.2. The molecule has 26 heavy (non-hydrogen) atoms. The predicted octanol–water partition coefficient (Wildman–Crippen LogP) is 3.62. The number of methoxy groups -OCH3 is 1. The first-order valence-electron chi connectivity index (χ1n) is 8.62. The second-order valence-electron chi connectivity index (χ2n) is 6.06. The van der Waals surface area contributed by atoms with Crippen LogP contribution in [0.2, 0.25) is 0 Å². The van der Waals surface area contributed by atoms with Gasteiger partial charge in [-0.2, -0.15) is 0 Å².